The van der Waals surface area contributed by atoms with Gasteiger partial charge in [0.15, 0.2) is 11.4 Å². The van der Waals surface area contributed by atoms with Crippen molar-refractivity contribution in [3.8, 4) is 0 Å². The molecule has 8 nitrogen and oxygen atoms in total. The second-order valence-corrected chi connectivity index (χ2v) is 24.4. The van der Waals surface area contributed by atoms with Crippen LogP contribution in [0.3, 0.4) is 0 Å². The van der Waals surface area contributed by atoms with Gasteiger partial charge in [0.25, 0.3) is 0 Å². The fourth-order valence-electron chi connectivity index (χ4n) is 19.6. The molecule has 0 aromatic heterocycles. The lowest BCUT2D eigenvalue weighted by molar-refractivity contribution is -0.282. The summed E-state index contributed by atoms with van der Waals surface area (Å²) in [5, 5.41) is 13.4. The van der Waals surface area contributed by atoms with Crippen LogP contribution in [0.5, 0.6) is 0 Å². The number of nitrogens with two attached hydrogens (primary N) is 1. The maximum atomic E-state index is 16.3. The number of nitrogens with zero attached hydrogens (tertiary/aromatic N) is 2. The summed E-state index contributed by atoms with van der Waals surface area (Å²) in [4.78, 5) is 37.2. The third-order valence-electron chi connectivity index (χ3n) is 21.8. The van der Waals surface area contributed by atoms with Crippen LogP contribution in [0.4, 0.5) is 0 Å². The van der Waals surface area contributed by atoms with Gasteiger partial charge in [-0.05, 0) is 148 Å². The maximum absolute atomic E-state index is 16.3. The van der Waals surface area contributed by atoms with Crippen LogP contribution in [0, 0.1) is 70.0 Å². The van der Waals surface area contributed by atoms with E-state index in [1.807, 2.05) is 0 Å². The van der Waals surface area contributed by atoms with Crippen LogP contribution < -0.4 is 5.73 Å². The molecule has 12 bridgehead atoms. The van der Waals surface area contributed by atoms with Crippen LogP contribution in [0.1, 0.15) is 157 Å². The maximum Gasteiger partial charge on any atom is 0.339 e. The van der Waals surface area contributed by atoms with Crippen LogP contribution >= 0.6 is 0 Å². The zero-order valence-electron chi connectivity index (χ0n) is 39.0. The molecule has 3 saturated carbocycles. The van der Waals surface area contributed by atoms with E-state index in [-0.39, 0.29) is 41.5 Å². The van der Waals surface area contributed by atoms with Crippen LogP contribution in [0.15, 0.2) is 64.3 Å². The molecule has 14 unspecified atom stereocenters. The molecule has 1 aromatic rings. The first-order valence-electron chi connectivity index (χ1n) is 27.1. The molecule has 9 aliphatic heterocycles. The highest BCUT2D eigenvalue weighted by Crippen LogP contribution is 2.88. The van der Waals surface area contributed by atoms with E-state index in [1.54, 1.807) is 11.3 Å². The molecule has 14 atom stereocenters. The number of aliphatic hydroxyl groups is 1. The molecule has 7 aliphatic carbocycles. The van der Waals surface area contributed by atoms with Crippen molar-refractivity contribution in [3.63, 3.8) is 0 Å². The van der Waals surface area contributed by atoms with Crippen molar-refractivity contribution in [3.05, 3.63) is 81.0 Å². The molecule has 6 fully saturated rings. The number of esters is 2. The van der Waals surface area contributed by atoms with Gasteiger partial charge in [0.2, 0.25) is 0 Å². The standard InChI is InChI=1S/C57H73N3O5/c1-32-23-39-18-19-45-40-24-34-29-59(31-40)41(25-33-9-3-2-4-10-33)28-46(61)52-55-21-20-42-49(51(39)60(45)30-34)43(32)26-38-17-16-37(35-11-5-6-12-35)27-47(56(55,50(38)42)54(63)64-52)57(55)44-15-7-13-36(14-8-22-58)48(44)53(62)65-57/h7,13,15-17,32-35,37-38,40-41,43,45,47,49,61H,2-6,8-12,14,18-31,58H2,1H3. The number of piperidine rings is 2. The van der Waals surface area contributed by atoms with Gasteiger partial charge >= 0.3 is 11.9 Å². The summed E-state index contributed by atoms with van der Waals surface area (Å²) in [5.74, 6) is 4.26. The molecular weight excluding hydrogens is 807 g/mol. The second-order valence-electron chi connectivity index (χ2n) is 24.4. The second kappa shape index (κ2) is 14.6. The van der Waals surface area contributed by atoms with Gasteiger partial charge in [0.05, 0.1) is 11.0 Å². The van der Waals surface area contributed by atoms with Gasteiger partial charge < -0.3 is 25.2 Å². The number of aryl methyl sites for hydroxylation is 1. The third-order valence-corrected chi connectivity index (χ3v) is 21.8. The van der Waals surface area contributed by atoms with Crippen molar-refractivity contribution < 1.29 is 24.2 Å². The number of aliphatic hydroxyl groups excluding tert-OH is 1. The molecule has 17 rings (SSSR count). The van der Waals surface area contributed by atoms with E-state index in [2.05, 4.69) is 47.1 Å². The van der Waals surface area contributed by atoms with E-state index in [9.17, 15) is 5.11 Å². The number of rotatable bonds is 6. The normalized spacial score (nSPS) is 44.6. The molecule has 1 aromatic carbocycles. The van der Waals surface area contributed by atoms with Crippen molar-refractivity contribution in [2.24, 2.45) is 75.7 Å². The molecule has 346 valence electrons. The number of hydrogen-bond acceptors (Lipinski definition) is 8. The van der Waals surface area contributed by atoms with E-state index in [0.717, 1.165) is 62.9 Å². The minimum absolute atomic E-state index is 0.114. The third kappa shape index (κ3) is 5.18. The van der Waals surface area contributed by atoms with Gasteiger partial charge in [0, 0.05) is 61.2 Å². The molecule has 3 saturated heterocycles. The van der Waals surface area contributed by atoms with E-state index < -0.39 is 16.4 Å². The lowest BCUT2D eigenvalue weighted by Crippen LogP contribution is -2.78. The molecule has 16 aliphatic rings. The predicted molar refractivity (Wildman–Crippen MR) is 249 cm³/mol. The number of hydrogen-bond donors (Lipinski definition) is 2. The molecule has 0 amide bonds. The number of allylic oxidation sites excluding steroid dienone is 4. The Kier molecular flexibility index (Phi) is 9.12. The smallest absolute Gasteiger partial charge is 0.339 e. The monoisotopic (exact) mass is 880 g/mol. The topological polar surface area (TPSA) is 105 Å². The Hall–Kier alpha value is -3.36. The van der Waals surface area contributed by atoms with Gasteiger partial charge in [-0.3, -0.25) is 9.69 Å². The fraction of sp³-hybridized carbons (Fsp3) is 0.719. The summed E-state index contributed by atoms with van der Waals surface area (Å²) >= 11 is 0. The van der Waals surface area contributed by atoms with E-state index in [4.69, 9.17) is 15.2 Å². The lowest BCUT2D eigenvalue weighted by atomic mass is 9.27. The Morgan fingerprint density at radius 3 is 2.60 bits per heavy atom. The average molecular weight is 880 g/mol. The van der Waals surface area contributed by atoms with Crippen LogP contribution in [0.25, 0.3) is 0 Å². The Bertz CT molecular complexity index is 2350. The molecular formula is C57H73N3O5. The molecule has 3 N–H and O–H groups in total. The minimum atomic E-state index is -1.12. The SMILES string of the molecule is CC1CC2=C3C4C5=C6C(C=CC(C7CCCC7)CC7C68C(=O)OC(=C(O)CC(CC6CCCCC6)N6CC9CC(C6)C(CC2)N3C9)C8(CC5)C72OC(=O)c3c(CCCN)cccc32)CC14. The van der Waals surface area contributed by atoms with Crippen LogP contribution in [0.2, 0.25) is 0 Å². The van der Waals surface area contributed by atoms with E-state index in [0.29, 0.717) is 84.6 Å². The summed E-state index contributed by atoms with van der Waals surface area (Å²) in [6.45, 7) is 6.42. The molecule has 0 radical (unpaired) electrons. The number of benzene rings is 1. The van der Waals surface area contributed by atoms with Crippen molar-refractivity contribution in [2.75, 3.05) is 26.2 Å². The van der Waals surface area contributed by atoms with Crippen molar-refractivity contribution in [1.29, 1.82) is 0 Å². The number of carbonyl (C=O) groups excluding carboxylic acids is 2. The molecule has 65 heavy (non-hydrogen) atoms. The van der Waals surface area contributed by atoms with E-state index in [1.165, 1.54) is 94.6 Å². The first-order chi connectivity index (χ1) is 31.8. The summed E-state index contributed by atoms with van der Waals surface area (Å²) in [5.41, 5.74) is 11.9. The number of ether oxygens (including phenoxy) is 2. The van der Waals surface area contributed by atoms with Crippen molar-refractivity contribution in [1.82, 2.24) is 9.80 Å². The highest BCUT2D eigenvalue weighted by Gasteiger charge is 2.94. The molecule has 8 heteroatoms. The summed E-state index contributed by atoms with van der Waals surface area (Å²) in [6, 6.07) is 7.13. The van der Waals surface area contributed by atoms with Gasteiger partial charge in [-0.1, -0.05) is 93.4 Å². The summed E-state index contributed by atoms with van der Waals surface area (Å²) in [7, 11) is 0. The Balaban J connectivity index is 1.05. The molecule has 9 heterocycles. The Morgan fingerprint density at radius 1 is 0.908 bits per heavy atom. The number of carbonyl (C=O) groups is 2. The minimum Gasteiger partial charge on any atom is -0.509 e. The summed E-state index contributed by atoms with van der Waals surface area (Å²) in [6.07, 6.45) is 27.9. The summed E-state index contributed by atoms with van der Waals surface area (Å²) < 4.78 is 14.4. The van der Waals surface area contributed by atoms with Gasteiger partial charge in [0.1, 0.15) is 11.2 Å². The first-order valence-corrected chi connectivity index (χ1v) is 27.1. The van der Waals surface area contributed by atoms with Crippen LogP contribution in [-0.2, 0) is 26.3 Å². The average Bonchev–Trinajstić information content (AvgIpc) is 4.02. The van der Waals surface area contributed by atoms with Crippen molar-refractivity contribution in [2.45, 2.75) is 159 Å². The van der Waals surface area contributed by atoms with E-state index >= 15 is 9.59 Å². The van der Waals surface area contributed by atoms with Crippen LogP contribution in [-0.4, -0.2) is 65.1 Å². The van der Waals surface area contributed by atoms with Gasteiger partial charge in [-0.15, -0.1) is 0 Å². The Labute approximate surface area is 386 Å². The first kappa shape index (κ1) is 40.7. The Morgan fingerprint density at radius 2 is 1.75 bits per heavy atom. The largest absolute Gasteiger partial charge is 0.509 e. The fourth-order valence-corrected chi connectivity index (χ4v) is 19.6. The van der Waals surface area contributed by atoms with Crippen molar-refractivity contribution >= 4 is 11.9 Å². The highest BCUT2D eigenvalue weighted by atomic mass is 16.6. The zero-order chi connectivity index (χ0) is 43.6. The highest BCUT2D eigenvalue weighted by molar-refractivity contribution is 6.00. The number of fused-ring (bicyclic) bond motifs is 3. The van der Waals surface area contributed by atoms with Gasteiger partial charge in [-0.2, -0.15) is 0 Å². The molecule has 3 spiro atoms. The zero-order valence-corrected chi connectivity index (χ0v) is 39.0. The van der Waals surface area contributed by atoms with Gasteiger partial charge in [-0.25, -0.2) is 4.79 Å². The lowest BCUT2D eigenvalue weighted by Gasteiger charge is -2.73. The quantitative estimate of drug-likeness (QED) is 0.215. The predicted octanol–water partition coefficient (Wildman–Crippen LogP) is 10.4.